The number of aliphatic imine (C=N–C) groups is 4. The summed E-state index contributed by atoms with van der Waals surface area (Å²) >= 11 is 0. The van der Waals surface area contributed by atoms with E-state index in [2.05, 4.69) is 133 Å². The summed E-state index contributed by atoms with van der Waals surface area (Å²) in [6, 6.07) is 50.5. The maximum absolute atomic E-state index is 4.73. The number of hydrogen-bond acceptors (Lipinski definition) is 6. The van der Waals surface area contributed by atoms with Gasteiger partial charge in [-0.1, -0.05) is 123 Å². The Hall–Kier alpha value is -9.52. The van der Waals surface area contributed by atoms with Gasteiger partial charge in [-0.3, -0.25) is 20.0 Å². The van der Waals surface area contributed by atoms with Crippen LogP contribution in [-0.4, -0.2) is 24.9 Å². The average molecular weight is 901 g/mol. The minimum Gasteiger partial charge on any atom is -0.311 e. The Kier molecular flexibility index (Phi) is 12.8. The highest BCUT2D eigenvalue weighted by Gasteiger charge is 2.16. The Balaban J connectivity index is 0.921. The summed E-state index contributed by atoms with van der Waals surface area (Å²) in [5.41, 5.74) is 19.5. The molecule has 70 heavy (non-hydrogen) atoms. The molecule has 6 nitrogen and oxygen atoms in total. The van der Waals surface area contributed by atoms with Gasteiger partial charge in [-0.15, -0.1) is 0 Å². The highest BCUT2D eigenvalue weighted by molar-refractivity contribution is 5.92. The fourth-order valence-corrected chi connectivity index (χ4v) is 8.22. The summed E-state index contributed by atoms with van der Waals surface area (Å²) < 4.78 is 0. The molecule has 4 aliphatic rings. The molecule has 0 N–H and O–H groups in total. The van der Waals surface area contributed by atoms with Gasteiger partial charge in [0.1, 0.15) is 0 Å². The average Bonchev–Trinajstić information content (AvgIpc) is 4.22. The number of nitrogens with zero attached hydrogens (tertiary/aromatic N) is 6. The van der Waals surface area contributed by atoms with Gasteiger partial charge in [-0.25, -0.2) is 0 Å². The van der Waals surface area contributed by atoms with Crippen LogP contribution in [0.1, 0.15) is 0 Å². The first-order chi connectivity index (χ1) is 34.3. The van der Waals surface area contributed by atoms with Crippen LogP contribution in [0.4, 0.5) is 56.9 Å². The zero-order valence-electron chi connectivity index (χ0n) is 38.6. The standard InChI is InChI=1S/C64H48N6/c1-45-9-5-13-51(45)41-65-55-21-33-61(34-22-55)69(62-35-23-56(24-36-62)66-42-52-14-6-10-46(52)2)59-29-17-49(18-30-59)50-19-31-60(32-20-50)70(63-37-25-57(26-38-63)67-43-53-15-7-11-47(53)3)64-39-27-58(28-40-64)68-44-54-16-8-12-48(54)4/h5-44H,1-4H2. The molecule has 0 radical (unpaired) electrons. The van der Waals surface area contributed by atoms with E-state index in [1.54, 1.807) is 0 Å². The molecule has 0 bridgehead atoms. The molecule has 334 valence electrons. The number of anilines is 6. The van der Waals surface area contributed by atoms with Crippen LogP contribution in [0.2, 0.25) is 0 Å². The topological polar surface area (TPSA) is 55.9 Å². The molecule has 10 rings (SSSR count). The van der Waals surface area contributed by atoms with Gasteiger partial charge in [0.2, 0.25) is 0 Å². The molecule has 0 aromatic heterocycles. The maximum Gasteiger partial charge on any atom is 0.0631 e. The fourth-order valence-electron chi connectivity index (χ4n) is 8.22. The molecule has 0 saturated heterocycles. The molecule has 0 heterocycles. The van der Waals surface area contributed by atoms with Crippen LogP contribution >= 0.6 is 0 Å². The van der Waals surface area contributed by atoms with E-state index < -0.39 is 0 Å². The van der Waals surface area contributed by atoms with E-state index in [4.69, 9.17) is 20.0 Å². The number of benzene rings is 6. The van der Waals surface area contributed by atoms with Crippen LogP contribution in [0.5, 0.6) is 0 Å². The summed E-state index contributed by atoms with van der Waals surface area (Å²) in [6.07, 6.45) is 31.5. The van der Waals surface area contributed by atoms with Gasteiger partial charge in [0.05, 0.1) is 22.7 Å². The lowest BCUT2D eigenvalue weighted by Crippen LogP contribution is -2.10. The molecule has 6 aromatic rings. The lowest BCUT2D eigenvalue weighted by molar-refractivity contribution is 1.27. The first-order valence-corrected chi connectivity index (χ1v) is 23.0. The highest BCUT2D eigenvalue weighted by atomic mass is 15.1. The summed E-state index contributed by atoms with van der Waals surface area (Å²) in [5, 5.41) is 0. The normalized spacial score (nSPS) is 15.1. The van der Waals surface area contributed by atoms with Crippen molar-refractivity contribution in [1.82, 2.24) is 0 Å². The molecule has 6 heteroatoms. The predicted octanol–water partition coefficient (Wildman–Crippen LogP) is 17.3. The van der Waals surface area contributed by atoms with E-state index in [-0.39, 0.29) is 0 Å². The van der Waals surface area contributed by atoms with Crippen molar-refractivity contribution in [3.8, 4) is 11.1 Å². The van der Waals surface area contributed by atoms with Crippen LogP contribution in [0.15, 0.2) is 309 Å². The van der Waals surface area contributed by atoms with Gasteiger partial charge in [-0.05, 0) is 177 Å². The van der Waals surface area contributed by atoms with Crippen LogP contribution in [-0.2, 0) is 0 Å². The highest BCUT2D eigenvalue weighted by Crippen LogP contribution is 2.40. The Labute approximate surface area is 410 Å². The van der Waals surface area contributed by atoms with Crippen molar-refractivity contribution in [2.24, 2.45) is 20.0 Å². The van der Waals surface area contributed by atoms with Gasteiger partial charge in [0.25, 0.3) is 0 Å². The van der Waals surface area contributed by atoms with Crippen molar-refractivity contribution >= 4 is 81.7 Å². The summed E-state index contributed by atoms with van der Waals surface area (Å²) in [4.78, 5) is 23.4. The Morgan fingerprint density at radius 1 is 0.271 bits per heavy atom. The molecule has 6 aromatic carbocycles. The van der Waals surface area contributed by atoms with Crippen molar-refractivity contribution in [2.75, 3.05) is 9.80 Å². The first kappa shape index (κ1) is 44.3. The monoisotopic (exact) mass is 900 g/mol. The lowest BCUT2D eigenvalue weighted by Gasteiger charge is -2.26. The second-order valence-electron chi connectivity index (χ2n) is 16.9. The van der Waals surface area contributed by atoms with Gasteiger partial charge in [-0.2, -0.15) is 0 Å². The maximum atomic E-state index is 4.73. The molecule has 0 fully saturated rings. The van der Waals surface area contributed by atoms with E-state index in [9.17, 15) is 0 Å². The molecular weight excluding hydrogens is 853 g/mol. The molecule has 0 amide bonds. The fraction of sp³-hybridized carbons (Fsp3) is 0. The molecule has 0 saturated carbocycles. The van der Waals surface area contributed by atoms with Gasteiger partial charge >= 0.3 is 0 Å². The van der Waals surface area contributed by atoms with E-state index in [0.29, 0.717) is 0 Å². The van der Waals surface area contributed by atoms with Crippen LogP contribution in [0.3, 0.4) is 0 Å². The molecule has 4 aliphatic carbocycles. The molecule has 0 aliphatic heterocycles. The summed E-state index contributed by atoms with van der Waals surface area (Å²) in [7, 11) is 0. The smallest absolute Gasteiger partial charge is 0.0631 e. The molecule has 0 atom stereocenters. The minimum absolute atomic E-state index is 0.857. The van der Waals surface area contributed by atoms with Crippen LogP contribution in [0, 0.1) is 0 Å². The predicted molar refractivity (Wildman–Crippen MR) is 299 cm³/mol. The van der Waals surface area contributed by atoms with Crippen molar-refractivity contribution in [2.45, 2.75) is 0 Å². The largest absolute Gasteiger partial charge is 0.311 e. The number of rotatable bonds is 15. The van der Waals surface area contributed by atoms with E-state index in [1.165, 1.54) is 0 Å². The van der Waals surface area contributed by atoms with E-state index >= 15 is 0 Å². The number of allylic oxidation sites excluding steroid dienone is 20. The summed E-state index contributed by atoms with van der Waals surface area (Å²) in [5.74, 6) is 0. The lowest BCUT2D eigenvalue weighted by atomic mass is 10.0. The van der Waals surface area contributed by atoms with Crippen LogP contribution < -0.4 is 9.80 Å². The van der Waals surface area contributed by atoms with E-state index in [1.807, 2.05) is 146 Å². The molecular formula is C64H48N6. The Morgan fingerprint density at radius 2 is 0.471 bits per heavy atom. The summed E-state index contributed by atoms with van der Waals surface area (Å²) in [6.45, 7) is 16.4. The third-order valence-corrected chi connectivity index (χ3v) is 12.2. The third kappa shape index (κ3) is 10.1. The first-order valence-electron chi connectivity index (χ1n) is 23.0. The molecule has 0 unspecified atom stereocenters. The second-order valence-corrected chi connectivity index (χ2v) is 16.9. The van der Waals surface area contributed by atoms with Crippen LogP contribution in [0.25, 0.3) is 11.1 Å². The third-order valence-electron chi connectivity index (χ3n) is 12.2. The quantitative estimate of drug-likeness (QED) is 0.0964. The minimum atomic E-state index is 0.857. The van der Waals surface area contributed by atoms with Gasteiger partial charge < -0.3 is 9.80 Å². The van der Waals surface area contributed by atoms with Crippen molar-refractivity contribution < 1.29 is 0 Å². The zero-order valence-corrected chi connectivity index (χ0v) is 38.6. The van der Waals surface area contributed by atoms with Crippen molar-refractivity contribution in [1.29, 1.82) is 0 Å². The van der Waals surface area contributed by atoms with Crippen molar-refractivity contribution in [3.63, 3.8) is 0 Å². The SMILES string of the molecule is C=C1C=CC=C1C=Nc1ccc(N(c2ccc(N=CC3=CC=CC3=C)cc2)c2ccc(-c3ccc(N(c4ccc(N=CC5=CC=CC5=C)cc4)c4ccc(N=CC5=CC=CC5=C)cc4)cc3)cc2)cc1. The van der Waals surface area contributed by atoms with E-state index in [0.717, 1.165) is 113 Å². The van der Waals surface area contributed by atoms with Gasteiger partial charge in [0.15, 0.2) is 0 Å². The van der Waals surface area contributed by atoms with Gasteiger partial charge in [0, 0.05) is 59.0 Å². The van der Waals surface area contributed by atoms with Crippen molar-refractivity contribution in [3.05, 3.63) is 289 Å². The Bertz CT molecular complexity index is 2990. The Morgan fingerprint density at radius 3 is 0.657 bits per heavy atom. The zero-order chi connectivity index (χ0) is 47.8. The second kappa shape index (κ2) is 20.1. The number of hydrogen-bond donors (Lipinski definition) is 0. The molecule has 0 spiro atoms.